The first-order valence-electron chi connectivity index (χ1n) is 12.9. The number of hydrazine groups is 1. The fourth-order valence-corrected chi connectivity index (χ4v) is 4.82. The zero-order valence-electron chi connectivity index (χ0n) is 26.3. The van der Waals surface area contributed by atoms with Crippen molar-refractivity contribution in [1.29, 1.82) is 0 Å². The Morgan fingerprint density at radius 1 is 0.667 bits per heavy atom. The van der Waals surface area contributed by atoms with Crippen molar-refractivity contribution in [3.63, 3.8) is 0 Å². The Morgan fingerprint density at radius 2 is 1.17 bits per heavy atom. The molecule has 4 aromatic carbocycles. The summed E-state index contributed by atoms with van der Waals surface area (Å²) in [5, 5.41) is 18.7. The summed E-state index contributed by atoms with van der Waals surface area (Å²) in [6.45, 7) is 1.73. The molecule has 4 rings (SSSR count). The molecular formula is C28H25N7Na2O9S2. The molecule has 4 aromatic rings. The van der Waals surface area contributed by atoms with Crippen LogP contribution in [0, 0.1) is 6.92 Å². The Kier molecular flexibility index (Phi) is 15.1. The number of hydrogen-bond donors (Lipinski definition) is 3. The summed E-state index contributed by atoms with van der Waals surface area (Å²) in [6, 6.07) is 17.3. The van der Waals surface area contributed by atoms with Gasteiger partial charge in [0, 0.05) is 12.1 Å². The van der Waals surface area contributed by atoms with Crippen LogP contribution < -0.4 is 84.8 Å². The zero-order chi connectivity index (χ0) is 33.5. The molecule has 240 valence electrons. The number of urea groups is 1. The molecule has 0 saturated heterocycles. The average Bonchev–Trinajstić information content (AvgIpc) is 3.02. The topological polar surface area (TPSA) is 235 Å². The third kappa shape index (κ3) is 11.3. The van der Waals surface area contributed by atoms with E-state index in [-0.39, 0.29) is 81.9 Å². The number of benzene rings is 4. The molecule has 0 aliphatic heterocycles. The number of anilines is 2. The van der Waals surface area contributed by atoms with Gasteiger partial charge in [0.2, 0.25) is 0 Å². The van der Waals surface area contributed by atoms with E-state index >= 15 is 0 Å². The second kappa shape index (κ2) is 17.8. The summed E-state index contributed by atoms with van der Waals surface area (Å²) in [7, 11) is -6.50. The zero-order valence-corrected chi connectivity index (χ0v) is 31.9. The SMILES string of the molecule is COc1cc(N=Nc2cccc(S(=O)(=O)[O-])c2)c(C)cc1NNC(=O)Nc1ccc(N=Nc2cccc(S(=O)(=O)[O-])c2)cc1OC.[Na+].[Na+]. The Balaban J connectivity index is 0.00000400. The summed E-state index contributed by atoms with van der Waals surface area (Å²) < 4.78 is 78.2. The predicted octanol–water partition coefficient (Wildman–Crippen LogP) is -0.192. The van der Waals surface area contributed by atoms with Gasteiger partial charge in [-0.1, -0.05) is 12.1 Å². The van der Waals surface area contributed by atoms with Crippen LogP contribution in [-0.4, -0.2) is 46.2 Å². The molecule has 0 aliphatic carbocycles. The van der Waals surface area contributed by atoms with Crippen molar-refractivity contribution in [1.82, 2.24) is 5.43 Å². The molecule has 0 atom stereocenters. The van der Waals surface area contributed by atoms with Crippen molar-refractivity contribution < 1.29 is 99.3 Å². The Hall–Kier alpha value is -3.43. The van der Waals surface area contributed by atoms with E-state index in [0.29, 0.717) is 28.4 Å². The molecule has 3 N–H and O–H groups in total. The molecule has 2 amide bonds. The maximum atomic E-state index is 12.7. The van der Waals surface area contributed by atoms with Crippen LogP contribution in [-0.2, 0) is 20.2 Å². The van der Waals surface area contributed by atoms with Gasteiger partial charge in [-0.25, -0.2) is 21.6 Å². The smallest absolute Gasteiger partial charge is 0.744 e. The van der Waals surface area contributed by atoms with Crippen LogP contribution >= 0.6 is 0 Å². The van der Waals surface area contributed by atoms with E-state index in [4.69, 9.17) is 9.47 Å². The fourth-order valence-electron chi connectivity index (χ4n) is 3.80. The monoisotopic (exact) mass is 713 g/mol. The van der Waals surface area contributed by atoms with Crippen LogP contribution in [0.25, 0.3) is 0 Å². The van der Waals surface area contributed by atoms with Crippen LogP contribution in [0.5, 0.6) is 11.5 Å². The van der Waals surface area contributed by atoms with Gasteiger partial charge in [0.05, 0.1) is 58.1 Å². The van der Waals surface area contributed by atoms with E-state index in [9.17, 15) is 30.7 Å². The summed E-state index contributed by atoms with van der Waals surface area (Å²) in [6.07, 6.45) is 0. The normalized spacial score (nSPS) is 11.4. The van der Waals surface area contributed by atoms with Gasteiger partial charge in [-0.3, -0.25) is 10.9 Å². The fraction of sp³-hybridized carbons (Fsp3) is 0.107. The molecule has 48 heavy (non-hydrogen) atoms. The number of carbonyl (C=O) groups is 1. The predicted molar refractivity (Wildman–Crippen MR) is 164 cm³/mol. The van der Waals surface area contributed by atoms with E-state index in [1.54, 1.807) is 19.1 Å². The van der Waals surface area contributed by atoms with Gasteiger partial charge in [0.25, 0.3) is 0 Å². The second-order valence-electron chi connectivity index (χ2n) is 9.23. The first-order chi connectivity index (χ1) is 21.8. The van der Waals surface area contributed by atoms with Gasteiger partial charge in [0.15, 0.2) is 0 Å². The Morgan fingerprint density at radius 3 is 1.69 bits per heavy atom. The average molecular weight is 714 g/mol. The molecule has 0 spiro atoms. The number of hydrogen-bond acceptors (Lipinski definition) is 14. The van der Waals surface area contributed by atoms with E-state index in [1.807, 2.05) is 0 Å². The number of amides is 2. The molecule has 0 fully saturated rings. The first kappa shape index (κ1) is 40.7. The van der Waals surface area contributed by atoms with Crippen LogP contribution in [0.3, 0.4) is 0 Å². The van der Waals surface area contributed by atoms with Gasteiger partial charge in [0.1, 0.15) is 31.7 Å². The Bertz CT molecular complexity index is 2060. The van der Waals surface area contributed by atoms with E-state index < -0.39 is 36.1 Å². The number of carbonyl (C=O) groups excluding carboxylic acids is 1. The third-order valence-corrected chi connectivity index (χ3v) is 7.69. The summed E-state index contributed by atoms with van der Waals surface area (Å²) in [5.41, 5.74) is 7.52. The minimum absolute atomic E-state index is 0. The number of aryl methyl sites for hydroxylation is 1. The quantitative estimate of drug-likeness (QED) is 0.0802. The standard InChI is InChI=1S/C28H27N7O9S2.2Na/c1-17-12-25(27(44-3)16-24(17)33-32-19-7-5-9-22(14-19)46(40,41)42)34-35-28(36)29-23-11-10-20(15-26(23)43-2)31-30-18-6-4-8-21(13-18)45(37,38)39;;/h4-16,34H,1-3H3,(H2,29,35,36)(H,37,38,39)(H,40,41,42);;/q;2*+1/p-2. The molecule has 0 saturated carbocycles. The molecule has 0 heterocycles. The maximum Gasteiger partial charge on any atom is 1.00 e. The molecule has 0 radical (unpaired) electrons. The molecular weight excluding hydrogens is 688 g/mol. The summed E-state index contributed by atoms with van der Waals surface area (Å²) in [4.78, 5) is 11.8. The van der Waals surface area contributed by atoms with Gasteiger partial charge in [-0.2, -0.15) is 20.5 Å². The van der Waals surface area contributed by atoms with Gasteiger partial charge < -0.3 is 23.9 Å². The van der Waals surface area contributed by atoms with Gasteiger partial charge in [-0.05, 0) is 67.1 Å². The largest absolute Gasteiger partial charge is 1.00 e. The van der Waals surface area contributed by atoms with E-state index in [0.717, 1.165) is 24.3 Å². The second-order valence-corrected chi connectivity index (χ2v) is 12.0. The number of nitrogens with zero attached hydrogens (tertiary/aromatic N) is 4. The van der Waals surface area contributed by atoms with E-state index in [1.165, 1.54) is 56.7 Å². The van der Waals surface area contributed by atoms with Gasteiger partial charge in [-0.15, -0.1) is 0 Å². The molecule has 16 nitrogen and oxygen atoms in total. The third-order valence-electron chi connectivity index (χ3n) is 6.03. The van der Waals surface area contributed by atoms with Crippen molar-refractivity contribution in [2.45, 2.75) is 16.7 Å². The minimum atomic E-state index is -4.65. The number of methoxy groups -OCH3 is 2. The molecule has 0 aliphatic rings. The van der Waals surface area contributed by atoms with Crippen molar-refractivity contribution in [2.75, 3.05) is 25.0 Å². The van der Waals surface area contributed by atoms with Crippen LogP contribution in [0.4, 0.5) is 38.9 Å². The van der Waals surface area contributed by atoms with Crippen LogP contribution in [0.15, 0.2) is 109 Å². The summed E-state index contributed by atoms with van der Waals surface area (Å²) >= 11 is 0. The number of rotatable bonds is 11. The Labute approximate surface area is 320 Å². The van der Waals surface area contributed by atoms with Crippen LogP contribution in [0.2, 0.25) is 0 Å². The van der Waals surface area contributed by atoms with E-state index in [2.05, 4.69) is 36.6 Å². The molecule has 0 unspecified atom stereocenters. The van der Waals surface area contributed by atoms with Gasteiger partial charge >= 0.3 is 65.1 Å². The minimum Gasteiger partial charge on any atom is -0.744 e. The molecule has 0 bridgehead atoms. The van der Waals surface area contributed by atoms with Crippen molar-refractivity contribution in [3.05, 3.63) is 84.4 Å². The first-order valence-corrected chi connectivity index (χ1v) is 15.7. The number of ether oxygens (including phenoxy) is 2. The summed E-state index contributed by atoms with van der Waals surface area (Å²) in [5.74, 6) is 0.533. The van der Waals surface area contributed by atoms with Crippen molar-refractivity contribution in [3.8, 4) is 11.5 Å². The van der Waals surface area contributed by atoms with Crippen molar-refractivity contribution >= 4 is 60.4 Å². The van der Waals surface area contributed by atoms with Crippen LogP contribution in [0.1, 0.15) is 5.56 Å². The maximum absolute atomic E-state index is 12.7. The number of azo groups is 2. The molecule has 20 heteroatoms. The molecule has 0 aromatic heterocycles. The number of nitrogens with one attached hydrogen (secondary N) is 3. The van der Waals surface area contributed by atoms with Crippen molar-refractivity contribution in [2.24, 2.45) is 20.5 Å².